The van der Waals surface area contributed by atoms with Gasteiger partial charge < -0.3 is 14.0 Å². The third-order valence-corrected chi connectivity index (χ3v) is 9.30. The lowest BCUT2D eigenvalue weighted by Gasteiger charge is -2.29. The lowest BCUT2D eigenvalue weighted by atomic mass is 10.1. The predicted octanol–water partition coefficient (Wildman–Crippen LogP) is 3.89. The Bertz CT molecular complexity index is 596. The maximum Gasteiger partial charge on any atom is 0.330 e. The van der Waals surface area contributed by atoms with E-state index in [9.17, 15) is 9.59 Å². The molecule has 0 aliphatic rings. The van der Waals surface area contributed by atoms with Gasteiger partial charge in [-0.1, -0.05) is 43.5 Å². The molecule has 0 spiro atoms. The van der Waals surface area contributed by atoms with E-state index in [-0.39, 0.29) is 17.1 Å². The highest BCUT2D eigenvalue weighted by molar-refractivity contribution is 6.77. The van der Waals surface area contributed by atoms with Gasteiger partial charge in [-0.25, -0.2) is 9.59 Å². The second-order valence-corrected chi connectivity index (χ2v) is 14.3. The van der Waals surface area contributed by atoms with Gasteiger partial charge in [-0.3, -0.25) is 0 Å². The molecule has 0 aromatic heterocycles. The number of hydrogen-bond donors (Lipinski definition) is 1. The SMILES string of the molecule is C=C(C)C(=O)O.C=CC(=O)OCC(c1ccccc1)[SiH](C)O[Si](C)(C)C. The Balaban J connectivity index is 0.000000896. The first-order valence-electron chi connectivity index (χ1n) is 8.38. The van der Waals surface area contributed by atoms with Crippen molar-refractivity contribution in [3.8, 4) is 0 Å². The molecule has 0 fully saturated rings. The highest BCUT2D eigenvalue weighted by Crippen LogP contribution is 2.22. The van der Waals surface area contributed by atoms with Crippen molar-refractivity contribution in [3.63, 3.8) is 0 Å². The third-order valence-electron chi connectivity index (χ3n) is 3.27. The van der Waals surface area contributed by atoms with Gasteiger partial charge in [0.05, 0.1) is 6.61 Å². The van der Waals surface area contributed by atoms with Crippen molar-refractivity contribution in [2.45, 2.75) is 38.7 Å². The monoisotopic (exact) mass is 394 g/mol. The second kappa shape index (κ2) is 11.6. The van der Waals surface area contributed by atoms with E-state index in [1.807, 2.05) is 18.2 Å². The normalized spacial score (nSPS) is 12.8. The molecule has 26 heavy (non-hydrogen) atoms. The zero-order chi connectivity index (χ0) is 20.3. The zero-order valence-electron chi connectivity index (χ0n) is 16.3. The van der Waals surface area contributed by atoms with Crippen LogP contribution in [0.4, 0.5) is 0 Å². The fourth-order valence-corrected chi connectivity index (χ4v) is 8.32. The van der Waals surface area contributed by atoms with E-state index in [0.717, 1.165) is 0 Å². The molecular weight excluding hydrogens is 364 g/mol. The van der Waals surface area contributed by atoms with Gasteiger partial charge in [0.1, 0.15) is 0 Å². The molecule has 2 unspecified atom stereocenters. The van der Waals surface area contributed by atoms with Gasteiger partial charge in [-0.2, -0.15) is 0 Å². The first-order chi connectivity index (χ1) is 12.0. The van der Waals surface area contributed by atoms with E-state index in [2.05, 4.69) is 51.5 Å². The van der Waals surface area contributed by atoms with Crippen molar-refractivity contribution in [3.05, 3.63) is 60.7 Å². The zero-order valence-corrected chi connectivity index (χ0v) is 18.5. The summed E-state index contributed by atoms with van der Waals surface area (Å²) in [5.41, 5.74) is 1.53. The third kappa shape index (κ3) is 10.8. The van der Waals surface area contributed by atoms with Crippen LogP contribution in [0.25, 0.3) is 0 Å². The van der Waals surface area contributed by atoms with E-state index < -0.39 is 23.3 Å². The molecule has 144 valence electrons. The highest BCUT2D eigenvalue weighted by atomic mass is 28.4. The topological polar surface area (TPSA) is 72.8 Å². The standard InChI is InChI=1S/C15H24O3Si2.C4H6O2/c1-6-15(16)17-12-14(13-10-8-7-9-11-13)19(2)18-20(3,4)5;1-3(2)4(5)6/h6-11,14,19H,1,12H2,2-5H3;1H2,2H3,(H,5,6). The molecule has 0 heterocycles. The highest BCUT2D eigenvalue weighted by Gasteiger charge is 2.28. The molecule has 1 aromatic rings. The van der Waals surface area contributed by atoms with Gasteiger partial charge >= 0.3 is 11.9 Å². The fourth-order valence-electron chi connectivity index (χ4n) is 2.07. The molecular formula is C19H30O5Si2. The molecule has 5 nitrogen and oxygen atoms in total. The lowest BCUT2D eigenvalue weighted by molar-refractivity contribution is -0.138. The van der Waals surface area contributed by atoms with Crippen molar-refractivity contribution in [2.24, 2.45) is 0 Å². The summed E-state index contributed by atoms with van der Waals surface area (Å²) in [5.74, 6) is -1.31. The maximum absolute atomic E-state index is 11.3. The Labute approximate surface area is 159 Å². The summed E-state index contributed by atoms with van der Waals surface area (Å²) < 4.78 is 11.5. The van der Waals surface area contributed by atoms with Crippen LogP contribution >= 0.6 is 0 Å². The Hall–Kier alpha value is -1.97. The molecule has 0 saturated heterocycles. The number of esters is 1. The molecule has 0 bridgehead atoms. The van der Waals surface area contributed by atoms with E-state index in [1.165, 1.54) is 18.6 Å². The number of aliphatic carboxylic acids is 1. The summed E-state index contributed by atoms with van der Waals surface area (Å²) >= 11 is 0. The quantitative estimate of drug-likeness (QED) is 0.411. The summed E-state index contributed by atoms with van der Waals surface area (Å²) in [7, 11) is -3.07. The van der Waals surface area contributed by atoms with Crippen LogP contribution in [0.3, 0.4) is 0 Å². The smallest absolute Gasteiger partial charge is 0.330 e. The second-order valence-electron chi connectivity index (χ2n) is 6.87. The predicted molar refractivity (Wildman–Crippen MR) is 110 cm³/mol. The molecule has 2 atom stereocenters. The molecule has 0 aliphatic heterocycles. The van der Waals surface area contributed by atoms with Crippen molar-refractivity contribution in [2.75, 3.05) is 6.61 Å². The van der Waals surface area contributed by atoms with Crippen LogP contribution in [0.15, 0.2) is 55.1 Å². The number of rotatable bonds is 8. The van der Waals surface area contributed by atoms with Gasteiger partial charge in [0.15, 0.2) is 17.4 Å². The minimum atomic E-state index is -1.58. The van der Waals surface area contributed by atoms with E-state index in [0.29, 0.717) is 6.61 Å². The van der Waals surface area contributed by atoms with Crippen molar-refractivity contribution in [1.29, 1.82) is 0 Å². The molecule has 0 radical (unpaired) electrons. The maximum atomic E-state index is 11.3. The van der Waals surface area contributed by atoms with E-state index in [1.54, 1.807) is 0 Å². The minimum absolute atomic E-state index is 0.173. The van der Waals surface area contributed by atoms with Gasteiger partial charge in [0, 0.05) is 17.2 Å². The van der Waals surface area contributed by atoms with E-state index in [4.69, 9.17) is 14.0 Å². The summed E-state index contributed by atoms with van der Waals surface area (Å²) in [6, 6.07) is 10.1. The van der Waals surface area contributed by atoms with E-state index >= 15 is 0 Å². The molecule has 0 saturated carbocycles. The summed E-state index contributed by atoms with van der Waals surface area (Å²) in [4.78, 5) is 20.9. The molecule has 1 N–H and O–H groups in total. The number of carboxylic acids is 1. The van der Waals surface area contributed by atoms with Crippen LogP contribution in [0.1, 0.15) is 18.0 Å². The Morgan fingerprint density at radius 3 is 2.15 bits per heavy atom. The Morgan fingerprint density at radius 1 is 1.27 bits per heavy atom. The minimum Gasteiger partial charge on any atom is -0.478 e. The van der Waals surface area contributed by atoms with Crippen LogP contribution < -0.4 is 0 Å². The molecule has 7 heteroatoms. The van der Waals surface area contributed by atoms with Crippen LogP contribution in [-0.2, 0) is 18.4 Å². The Morgan fingerprint density at radius 2 is 1.77 bits per heavy atom. The number of carbonyl (C=O) groups is 2. The van der Waals surface area contributed by atoms with Crippen LogP contribution in [0.5, 0.6) is 0 Å². The Kier molecular flexibility index (Phi) is 10.7. The van der Waals surface area contributed by atoms with Crippen LogP contribution in [-0.4, -0.2) is 41.0 Å². The van der Waals surface area contributed by atoms with Crippen molar-refractivity contribution >= 4 is 29.3 Å². The molecule has 0 aliphatic carbocycles. The number of carboxylic acid groups (broad SMARTS) is 1. The number of ether oxygens (including phenoxy) is 1. The van der Waals surface area contributed by atoms with Crippen LogP contribution in [0, 0.1) is 0 Å². The van der Waals surface area contributed by atoms with Gasteiger partial charge in [-0.05, 0) is 38.7 Å². The number of carbonyl (C=O) groups excluding carboxylic acids is 1. The molecule has 1 rings (SSSR count). The lowest BCUT2D eigenvalue weighted by Crippen LogP contribution is -2.38. The van der Waals surface area contributed by atoms with Gasteiger partial charge in [0.2, 0.25) is 0 Å². The summed E-state index contributed by atoms with van der Waals surface area (Å²) in [5, 5.41) is 7.89. The first-order valence-corrected chi connectivity index (χ1v) is 14.1. The van der Waals surface area contributed by atoms with Crippen molar-refractivity contribution < 1.29 is 23.5 Å². The number of benzene rings is 1. The van der Waals surface area contributed by atoms with Gasteiger partial charge in [0.25, 0.3) is 0 Å². The largest absolute Gasteiger partial charge is 0.478 e. The van der Waals surface area contributed by atoms with Gasteiger partial charge in [-0.15, -0.1) is 0 Å². The van der Waals surface area contributed by atoms with Crippen molar-refractivity contribution in [1.82, 2.24) is 0 Å². The average molecular weight is 395 g/mol. The molecule has 0 amide bonds. The fraction of sp³-hybridized carbons (Fsp3) is 0.368. The average Bonchev–Trinajstić information content (AvgIpc) is 2.54. The number of hydrogen-bond acceptors (Lipinski definition) is 4. The first kappa shape index (κ1) is 24.0. The van der Waals surface area contributed by atoms with Crippen LogP contribution in [0.2, 0.25) is 26.2 Å². The summed E-state index contributed by atoms with van der Waals surface area (Å²) in [6.45, 7) is 17.1. The molecule has 1 aromatic carbocycles. The summed E-state index contributed by atoms with van der Waals surface area (Å²) in [6.07, 6.45) is 1.20.